The quantitative estimate of drug-likeness (QED) is 0.671. The van der Waals surface area contributed by atoms with E-state index in [1.807, 2.05) is 12.1 Å². The number of carbonyl (C=O) groups excluding carboxylic acids is 1. The third kappa shape index (κ3) is 4.67. The molecule has 2 heterocycles. The van der Waals surface area contributed by atoms with Crippen molar-refractivity contribution in [2.45, 2.75) is 33.2 Å². The molecule has 2 aromatic heterocycles. The molecule has 3 aromatic rings. The summed E-state index contributed by atoms with van der Waals surface area (Å²) < 4.78 is 0. The largest absolute Gasteiger partial charge is 0.347 e. The van der Waals surface area contributed by atoms with Crippen molar-refractivity contribution in [3.05, 3.63) is 77.2 Å². The Bertz CT molecular complexity index is 872. The van der Waals surface area contributed by atoms with Gasteiger partial charge in [-0.25, -0.2) is 0 Å². The van der Waals surface area contributed by atoms with E-state index in [9.17, 15) is 4.79 Å². The summed E-state index contributed by atoms with van der Waals surface area (Å²) in [5.41, 5.74) is 4.75. The molecular formula is C21H23N5O. The van der Waals surface area contributed by atoms with Crippen LogP contribution in [0.4, 0.5) is 11.5 Å². The van der Waals surface area contributed by atoms with E-state index in [2.05, 4.69) is 57.9 Å². The highest BCUT2D eigenvalue weighted by molar-refractivity contribution is 5.92. The number of para-hydroxylation sites is 1. The maximum atomic E-state index is 12.2. The number of benzene rings is 1. The van der Waals surface area contributed by atoms with Gasteiger partial charge in [-0.3, -0.25) is 9.78 Å². The Labute approximate surface area is 159 Å². The number of nitrogens with one attached hydrogen (secondary N) is 2. The Balaban J connectivity index is 1.68. The van der Waals surface area contributed by atoms with Gasteiger partial charge in [0.2, 0.25) is 0 Å². The van der Waals surface area contributed by atoms with Gasteiger partial charge in [-0.1, -0.05) is 38.1 Å². The Morgan fingerprint density at radius 1 is 0.963 bits per heavy atom. The van der Waals surface area contributed by atoms with E-state index in [0.29, 0.717) is 12.4 Å². The molecule has 0 unspecified atom stereocenters. The average molecular weight is 361 g/mol. The molecule has 27 heavy (non-hydrogen) atoms. The van der Waals surface area contributed by atoms with Crippen LogP contribution in [0.2, 0.25) is 0 Å². The molecule has 2 N–H and O–H groups in total. The van der Waals surface area contributed by atoms with Gasteiger partial charge < -0.3 is 10.6 Å². The topological polar surface area (TPSA) is 79.8 Å². The fourth-order valence-electron chi connectivity index (χ4n) is 2.83. The number of anilines is 2. The van der Waals surface area contributed by atoms with E-state index in [1.54, 1.807) is 24.5 Å². The Morgan fingerprint density at radius 3 is 2.33 bits per heavy atom. The van der Waals surface area contributed by atoms with Gasteiger partial charge in [-0.2, -0.15) is 0 Å². The second-order valence-electron chi connectivity index (χ2n) is 6.13. The lowest BCUT2D eigenvalue weighted by Crippen LogP contribution is -2.24. The van der Waals surface area contributed by atoms with Crippen LogP contribution in [-0.2, 0) is 19.4 Å². The van der Waals surface area contributed by atoms with Crippen LogP contribution in [0.3, 0.4) is 0 Å². The van der Waals surface area contributed by atoms with Crippen LogP contribution in [-0.4, -0.2) is 21.1 Å². The summed E-state index contributed by atoms with van der Waals surface area (Å²) in [5.74, 6) is 0.357. The molecular weight excluding hydrogens is 338 g/mol. The number of carbonyl (C=O) groups is 1. The van der Waals surface area contributed by atoms with E-state index in [1.165, 1.54) is 11.1 Å². The molecule has 1 aromatic carbocycles. The van der Waals surface area contributed by atoms with Crippen molar-refractivity contribution in [3.63, 3.8) is 0 Å². The van der Waals surface area contributed by atoms with Crippen LogP contribution in [0.25, 0.3) is 0 Å². The lowest BCUT2D eigenvalue weighted by Gasteiger charge is -2.14. The zero-order valence-electron chi connectivity index (χ0n) is 15.6. The molecule has 6 nitrogen and oxygen atoms in total. The first-order chi connectivity index (χ1) is 13.2. The SMILES string of the molecule is CCc1cccc(CC)c1Nc1ccc(C(=O)NCc2cccnc2)nn1. The van der Waals surface area contributed by atoms with Crippen molar-refractivity contribution in [3.8, 4) is 0 Å². The molecule has 0 atom stereocenters. The summed E-state index contributed by atoms with van der Waals surface area (Å²) >= 11 is 0. The first-order valence-corrected chi connectivity index (χ1v) is 9.09. The molecule has 0 saturated heterocycles. The standard InChI is InChI=1S/C21H23N5O/c1-3-16-8-5-9-17(4-2)20(16)24-19-11-10-18(25-26-19)21(27)23-14-15-7-6-12-22-13-15/h5-13H,3-4,14H2,1-2H3,(H,23,27)(H,24,26). The van der Waals surface area contributed by atoms with Gasteiger partial charge >= 0.3 is 0 Å². The van der Waals surface area contributed by atoms with E-state index in [-0.39, 0.29) is 11.6 Å². The lowest BCUT2D eigenvalue weighted by molar-refractivity contribution is 0.0945. The maximum absolute atomic E-state index is 12.2. The molecule has 0 spiro atoms. The Kier molecular flexibility index (Phi) is 6.10. The van der Waals surface area contributed by atoms with Gasteiger partial charge in [-0.15, -0.1) is 10.2 Å². The fourth-order valence-corrected chi connectivity index (χ4v) is 2.83. The third-order valence-electron chi connectivity index (χ3n) is 4.32. The second kappa shape index (κ2) is 8.89. The molecule has 3 rings (SSSR count). The van der Waals surface area contributed by atoms with Gasteiger partial charge in [-0.05, 0) is 47.7 Å². The van der Waals surface area contributed by atoms with Gasteiger partial charge in [0.25, 0.3) is 5.91 Å². The molecule has 1 amide bonds. The molecule has 138 valence electrons. The number of hydrogen-bond acceptors (Lipinski definition) is 5. The number of nitrogens with zero attached hydrogens (tertiary/aromatic N) is 3. The average Bonchev–Trinajstić information content (AvgIpc) is 2.73. The van der Waals surface area contributed by atoms with Crippen molar-refractivity contribution in [2.24, 2.45) is 0 Å². The smallest absolute Gasteiger partial charge is 0.272 e. The minimum atomic E-state index is -0.263. The highest BCUT2D eigenvalue weighted by Crippen LogP contribution is 2.25. The van der Waals surface area contributed by atoms with Crippen LogP contribution in [0.5, 0.6) is 0 Å². The molecule has 0 radical (unpaired) electrons. The predicted molar refractivity (Wildman–Crippen MR) is 106 cm³/mol. The van der Waals surface area contributed by atoms with E-state index < -0.39 is 0 Å². The van der Waals surface area contributed by atoms with E-state index >= 15 is 0 Å². The van der Waals surface area contributed by atoms with Crippen LogP contribution in [0.15, 0.2) is 54.9 Å². The van der Waals surface area contributed by atoms with Crippen LogP contribution in [0.1, 0.15) is 41.0 Å². The number of rotatable bonds is 7. The van der Waals surface area contributed by atoms with Gasteiger partial charge in [0, 0.05) is 24.6 Å². The zero-order valence-corrected chi connectivity index (χ0v) is 15.6. The highest BCUT2D eigenvalue weighted by Gasteiger charge is 2.10. The molecule has 0 aliphatic carbocycles. The van der Waals surface area contributed by atoms with Crippen molar-refractivity contribution in [1.82, 2.24) is 20.5 Å². The Morgan fingerprint density at radius 2 is 1.74 bits per heavy atom. The summed E-state index contributed by atoms with van der Waals surface area (Å²) in [6, 6.07) is 13.5. The number of hydrogen-bond donors (Lipinski definition) is 2. The molecule has 0 aliphatic rings. The second-order valence-corrected chi connectivity index (χ2v) is 6.13. The van der Waals surface area contributed by atoms with Gasteiger partial charge in [0.15, 0.2) is 11.5 Å². The normalized spacial score (nSPS) is 10.4. The zero-order chi connectivity index (χ0) is 19.1. The van der Waals surface area contributed by atoms with Gasteiger partial charge in [0.1, 0.15) is 0 Å². The lowest BCUT2D eigenvalue weighted by atomic mass is 10.0. The van der Waals surface area contributed by atoms with Crippen LogP contribution >= 0.6 is 0 Å². The van der Waals surface area contributed by atoms with E-state index in [4.69, 9.17) is 0 Å². The highest BCUT2D eigenvalue weighted by atomic mass is 16.1. The van der Waals surface area contributed by atoms with Crippen molar-refractivity contribution in [2.75, 3.05) is 5.32 Å². The maximum Gasteiger partial charge on any atom is 0.272 e. The fraction of sp³-hybridized carbons (Fsp3) is 0.238. The number of aryl methyl sites for hydroxylation is 2. The molecule has 0 bridgehead atoms. The number of aromatic nitrogens is 3. The summed E-state index contributed by atoms with van der Waals surface area (Å²) in [7, 11) is 0. The summed E-state index contributed by atoms with van der Waals surface area (Å²) in [6.07, 6.45) is 5.27. The van der Waals surface area contributed by atoms with Crippen molar-refractivity contribution in [1.29, 1.82) is 0 Å². The van der Waals surface area contributed by atoms with Crippen LogP contribution in [0, 0.1) is 0 Å². The minimum Gasteiger partial charge on any atom is -0.347 e. The monoisotopic (exact) mass is 361 g/mol. The predicted octanol–water partition coefficient (Wildman–Crippen LogP) is 3.67. The first kappa shape index (κ1) is 18.5. The molecule has 6 heteroatoms. The minimum absolute atomic E-state index is 0.263. The van der Waals surface area contributed by atoms with Crippen LogP contribution < -0.4 is 10.6 Å². The number of amides is 1. The first-order valence-electron chi connectivity index (χ1n) is 9.09. The third-order valence-corrected chi connectivity index (χ3v) is 4.32. The molecule has 0 fully saturated rings. The van der Waals surface area contributed by atoms with Crippen molar-refractivity contribution < 1.29 is 4.79 Å². The summed E-state index contributed by atoms with van der Waals surface area (Å²) in [4.78, 5) is 16.3. The molecule has 0 aliphatic heterocycles. The van der Waals surface area contributed by atoms with Crippen molar-refractivity contribution >= 4 is 17.4 Å². The summed E-state index contributed by atoms with van der Waals surface area (Å²) in [5, 5.41) is 14.4. The summed E-state index contributed by atoms with van der Waals surface area (Å²) in [6.45, 7) is 4.65. The number of pyridine rings is 1. The Hall–Kier alpha value is -3.28. The molecule has 0 saturated carbocycles. The van der Waals surface area contributed by atoms with E-state index in [0.717, 1.165) is 24.1 Å². The van der Waals surface area contributed by atoms with Gasteiger partial charge in [0.05, 0.1) is 0 Å².